The summed E-state index contributed by atoms with van der Waals surface area (Å²) in [5.41, 5.74) is 1.57. The highest BCUT2D eigenvalue weighted by atomic mass is 19.1. The summed E-state index contributed by atoms with van der Waals surface area (Å²) in [4.78, 5) is 4.30. The van der Waals surface area contributed by atoms with E-state index in [1.165, 1.54) is 12.1 Å². The number of aromatic nitrogens is 2. The van der Waals surface area contributed by atoms with Crippen molar-refractivity contribution < 1.29 is 27.5 Å². The highest BCUT2D eigenvalue weighted by Gasteiger charge is 2.21. The molecule has 37 heavy (non-hydrogen) atoms. The van der Waals surface area contributed by atoms with E-state index >= 15 is 0 Å². The van der Waals surface area contributed by atoms with Gasteiger partial charge in [-0.3, -0.25) is 0 Å². The zero-order valence-electron chi connectivity index (χ0n) is 20.4. The first-order valence-corrected chi connectivity index (χ1v) is 12.2. The van der Waals surface area contributed by atoms with Crippen LogP contribution in [-0.4, -0.2) is 23.4 Å². The molecule has 1 N–H and O–H groups in total. The van der Waals surface area contributed by atoms with Crippen molar-refractivity contribution in [2.24, 2.45) is 0 Å². The van der Waals surface area contributed by atoms with Gasteiger partial charge in [-0.15, -0.1) is 0 Å². The van der Waals surface area contributed by atoms with Gasteiger partial charge in [0.2, 0.25) is 5.88 Å². The second-order valence-corrected chi connectivity index (χ2v) is 8.82. The number of nitrogens with zero attached hydrogens (tertiary/aromatic N) is 2. The number of nitrogens with one attached hydrogen (secondary N) is 1. The van der Waals surface area contributed by atoms with Gasteiger partial charge in [-0.2, -0.15) is 0 Å². The number of pyridine rings is 1. The average molecular weight is 508 g/mol. The first-order valence-electron chi connectivity index (χ1n) is 12.2. The van der Waals surface area contributed by atoms with Crippen molar-refractivity contribution in [2.75, 3.05) is 12.4 Å². The fraction of sp³-hybridized carbons (Fsp3) is 0.286. The Kier molecular flexibility index (Phi) is 7.49. The van der Waals surface area contributed by atoms with Crippen molar-refractivity contribution in [2.45, 2.75) is 44.9 Å². The van der Waals surface area contributed by atoms with Crippen LogP contribution in [0.15, 0.2) is 65.3 Å². The Bertz CT molecular complexity index is 1310. The Morgan fingerprint density at radius 3 is 2.51 bits per heavy atom. The molecule has 1 fully saturated rings. The lowest BCUT2D eigenvalue weighted by Gasteiger charge is -2.16. The molecule has 0 unspecified atom stereocenters. The zero-order chi connectivity index (χ0) is 25.6. The van der Waals surface area contributed by atoms with Crippen molar-refractivity contribution in [3.05, 3.63) is 83.8 Å². The molecule has 1 aliphatic rings. The van der Waals surface area contributed by atoms with Crippen LogP contribution in [-0.2, 0) is 13.2 Å². The Morgan fingerprint density at radius 1 is 1.03 bits per heavy atom. The average Bonchev–Trinajstić information content (AvgIpc) is 3.60. The van der Waals surface area contributed by atoms with Gasteiger partial charge in [0.25, 0.3) is 5.88 Å². The van der Waals surface area contributed by atoms with Gasteiger partial charge in [-0.1, -0.05) is 12.1 Å². The third-order valence-electron chi connectivity index (χ3n) is 6.23. The van der Waals surface area contributed by atoms with Gasteiger partial charge in [-0.05, 0) is 78.4 Å². The number of methoxy groups -OCH3 is 1. The van der Waals surface area contributed by atoms with E-state index < -0.39 is 11.6 Å². The predicted octanol–water partition coefficient (Wildman–Crippen LogP) is 6.54. The molecular formula is C28H27F2N3O4. The number of anilines is 1. The minimum atomic E-state index is -0.735. The number of halogens is 2. The number of hydrogen-bond acceptors (Lipinski definition) is 7. The van der Waals surface area contributed by atoms with Crippen molar-refractivity contribution in [3.63, 3.8) is 0 Å². The Labute approximate surface area is 213 Å². The summed E-state index contributed by atoms with van der Waals surface area (Å²) < 4.78 is 52.0. The van der Waals surface area contributed by atoms with E-state index in [2.05, 4.69) is 15.5 Å². The maximum absolute atomic E-state index is 15.0. The Balaban J connectivity index is 1.22. The second-order valence-electron chi connectivity index (χ2n) is 8.82. The van der Waals surface area contributed by atoms with Crippen LogP contribution >= 0.6 is 0 Å². The number of benzene rings is 2. The molecule has 1 saturated carbocycles. The lowest BCUT2D eigenvalue weighted by molar-refractivity contribution is 0.202. The van der Waals surface area contributed by atoms with Crippen molar-refractivity contribution in [1.29, 1.82) is 0 Å². The third-order valence-corrected chi connectivity index (χ3v) is 6.23. The summed E-state index contributed by atoms with van der Waals surface area (Å²) in [6, 6.07) is 15.0. The summed E-state index contributed by atoms with van der Waals surface area (Å²) in [5, 5.41) is 6.61. The molecule has 2 aromatic carbocycles. The quantitative estimate of drug-likeness (QED) is 0.261. The molecule has 0 bridgehead atoms. The maximum atomic E-state index is 15.0. The van der Waals surface area contributed by atoms with Gasteiger partial charge >= 0.3 is 0 Å². The van der Waals surface area contributed by atoms with Crippen LogP contribution in [0.1, 0.15) is 37.0 Å². The van der Waals surface area contributed by atoms with Crippen LogP contribution in [0.25, 0.3) is 11.1 Å². The molecule has 9 heteroatoms. The highest BCUT2D eigenvalue weighted by molar-refractivity contribution is 5.71. The zero-order valence-corrected chi connectivity index (χ0v) is 20.4. The minimum absolute atomic E-state index is 0.0228. The molecular weight excluding hydrogens is 480 g/mol. The van der Waals surface area contributed by atoms with E-state index in [0.29, 0.717) is 22.8 Å². The first kappa shape index (κ1) is 24.5. The molecule has 0 aliphatic heterocycles. The predicted molar refractivity (Wildman–Crippen MR) is 134 cm³/mol. The molecule has 0 spiro atoms. The van der Waals surface area contributed by atoms with Crippen molar-refractivity contribution in [3.8, 4) is 28.6 Å². The van der Waals surface area contributed by atoms with Gasteiger partial charge < -0.3 is 24.1 Å². The van der Waals surface area contributed by atoms with E-state index in [9.17, 15) is 8.78 Å². The molecule has 4 aromatic rings. The standard InChI is InChI=1S/C28H27F2N3O4/c1-34-20-10-8-18(9-11-20)17-35-26-15-22(37-33-26)16-32-27-24(29)13-19(14-25(27)30)23-7-4-12-31-28(23)36-21-5-2-3-6-21/h4,7-15,21,32H,2-3,5-6,16-17H2,1H3. The topological polar surface area (TPSA) is 78.6 Å². The molecule has 1 aliphatic carbocycles. The molecule has 0 radical (unpaired) electrons. The number of rotatable bonds is 10. The normalized spacial score (nSPS) is 13.5. The van der Waals surface area contributed by atoms with Crippen LogP contribution in [0, 0.1) is 11.6 Å². The second kappa shape index (κ2) is 11.3. The van der Waals surface area contributed by atoms with Crippen LogP contribution < -0.4 is 19.5 Å². The molecule has 5 rings (SSSR count). The molecule has 2 aromatic heterocycles. The van der Waals surface area contributed by atoms with Gasteiger partial charge in [0.15, 0.2) is 5.76 Å². The van der Waals surface area contributed by atoms with E-state index in [4.69, 9.17) is 18.7 Å². The van der Waals surface area contributed by atoms with E-state index in [1.54, 1.807) is 31.5 Å². The first-order chi connectivity index (χ1) is 18.1. The summed E-state index contributed by atoms with van der Waals surface area (Å²) in [7, 11) is 1.60. The van der Waals surface area contributed by atoms with Crippen LogP contribution in [0.2, 0.25) is 0 Å². The number of hydrogen-bond donors (Lipinski definition) is 1. The van der Waals surface area contributed by atoms with Crippen LogP contribution in [0.5, 0.6) is 17.5 Å². The smallest absolute Gasteiger partial charge is 0.254 e. The van der Waals surface area contributed by atoms with Gasteiger partial charge in [-0.25, -0.2) is 13.8 Å². The third kappa shape index (κ3) is 5.99. The molecule has 0 saturated heterocycles. The molecule has 0 amide bonds. The summed E-state index contributed by atoms with van der Waals surface area (Å²) in [5.74, 6) is 0.312. The fourth-order valence-electron chi connectivity index (χ4n) is 4.27. The van der Waals surface area contributed by atoms with Crippen LogP contribution in [0.3, 0.4) is 0 Å². The fourth-order valence-corrected chi connectivity index (χ4v) is 4.27. The van der Waals surface area contributed by atoms with Gasteiger partial charge in [0, 0.05) is 17.8 Å². The Hall–Kier alpha value is -4.14. The summed E-state index contributed by atoms with van der Waals surface area (Å²) in [6.45, 7) is 0.309. The summed E-state index contributed by atoms with van der Waals surface area (Å²) in [6.07, 6.45) is 5.82. The van der Waals surface area contributed by atoms with Gasteiger partial charge in [0.1, 0.15) is 35.8 Å². The van der Waals surface area contributed by atoms with E-state index in [0.717, 1.165) is 37.0 Å². The van der Waals surface area contributed by atoms with E-state index in [1.807, 2.05) is 24.3 Å². The van der Waals surface area contributed by atoms with Crippen molar-refractivity contribution in [1.82, 2.24) is 10.1 Å². The maximum Gasteiger partial charge on any atom is 0.254 e. The lowest BCUT2D eigenvalue weighted by Crippen LogP contribution is -2.12. The molecule has 192 valence electrons. The highest BCUT2D eigenvalue weighted by Crippen LogP contribution is 2.34. The van der Waals surface area contributed by atoms with E-state index in [-0.39, 0.29) is 30.8 Å². The lowest BCUT2D eigenvalue weighted by atomic mass is 10.1. The largest absolute Gasteiger partial charge is 0.497 e. The summed E-state index contributed by atoms with van der Waals surface area (Å²) >= 11 is 0. The minimum Gasteiger partial charge on any atom is -0.497 e. The molecule has 7 nitrogen and oxygen atoms in total. The van der Waals surface area contributed by atoms with Gasteiger partial charge in [0.05, 0.1) is 13.7 Å². The molecule has 0 atom stereocenters. The number of ether oxygens (including phenoxy) is 3. The monoisotopic (exact) mass is 507 g/mol. The van der Waals surface area contributed by atoms with Crippen molar-refractivity contribution >= 4 is 5.69 Å². The molecule has 2 heterocycles. The Morgan fingerprint density at radius 2 is 1.78 bits per heavy atom. The van der Waals surface area contributed by atoms with Crippen LogP contribution in [0.4, 0.5) is 14.5 Å². The SMILES string of the molecule is COc1ccc(COc2cc(CNc3c(F)cc(-c4cccnc4OC4CCCC4)cc3F)on2)cc1.